The molecular formula is C24H32N4O5S. The Morgan fingerprint density at radius 1 is 1.06 bits per heavy atom. The minimum Gasteiger partial charge on any atom is -0.494 e. The average Bonchev–Trinajstić information content (AvgIpc) is 3.10. The molecule has 0 atom stereocenters. The third kappa shape index (κ3) is 5.45. The molecule has 0 saturated carbocycles. The third-order valence-electron chi connectivity index (χ3n) is 5.46. The third-order valence-corrected chi connectivity index (χ3v) is 6.65. The molecule has 0 aliphatic heterocycles. The molecule has 0 spiro atoms. The van der Waals surface area contributed by atoms with Gasteiger partial charge in [0.15, 0.2) is 17.4 Å². The van der Waals surface area contributed by atoms with Gasteiger partial charge in [0.2, 0.25) is 10.0 Å². The van der Waals surface area contributed by atoms with Crippen molar-refractivity contribution in [1.29, 1.82) is 0 Å². The lowest BCUT2D eigenvalue weighted by molar-refractivity contribution is 0.356. The van der Waals surface area contributed by atoms with Crippen molar-refractivity contribution in [2.24, 2.45) is 4.99 Å². The van der Waals surface area contributed by atoms with Gasteiger partial charge in [-0.3, -0.25) is 9.30 Å². The first-order chi connectivity index (χ1) is 16.1. The fourth-order valence-electron chi connectivity index (χ4n) is 3.74. The van der Waals surface area contributed by atoms with E-state index in [1.807, 2.05) is 32.0 Å². The first-order valence-corrected chi connectivity index (χ1v) is 12.7. The molecule has 0 radical (unpaired) electrons. The number of benzene rings is 2. The summed E-state index contributed by atoms with van der Waals surface area (Å²) in [5.74, 6) is 1.11. The molecule has 1 aromatic heterocycles. The number of fused-ring (bicyclic) bond motifs is 1. The zero-order valence-corrected chi connectivity index (χ0v) is 21.2. The minimum atomic E-state index is -3.42. The van der Waals surface area contributed by atoms with Gasteiger partial charge in [-0.1, -0.05) is 6.92 Å². The molecule has 0 aliphatic rings. The predicted molar refractivity (Wildman–Crippen MR) is 137 cm³/mol. The smallest absolute Gasteiger partial charge is 0.232 e. The van der Waals surface area contributed by atoms with E-state index in [0.717, 1.165) is 5.39 Å². The summed E-state index contributed by atoms with van der Waals surface area (Å²) in [6.07, 6.45) is 1.77. The van der Waals surface area contributed by atoms with Crippen LogP contribution in [0.4, 0.5) is 11.4 Å². The Labute approximate surface area is 200 Å². The molecule has 0 fully saturated rings. The van der Waals surface area contributed by atoms with E-state index < -0.39 is 10.0 Å². The summed E-state index contributed by atoms with van der Waals surface area (Å²) in [7, 11) is 3.49. The number of nitrogens with one attached hydrogen (secondary N) is 1. The molecule has 3 rings (SSSR count). The van der Waals surface area contributed by atoms with E-state index in [0.29, 0.717) is 59.2 Å². The van der Waals surface area contributed by atoms with Crippen molar-refractivity contribution >= 4 is 38.0 Å². The van der Waals surface area contributed by atoms with Crippen LogP contribution in [0.5, 0.6) is 17.4 Å². The number of anilines is 1. The van der Waals surface area contributed by atoms with Crippen LogP contribution >= 0.6 is 0 Å². The maximum absolute atomic E-state index is 12.3. The zero-order valence-electron chi connectivity index (χ0n) is 20.4. The van der Waals surface area contributed by atoms with Gasteiger partial charge in [0.25, 0.3) is 0 Å². The van der Waals surface area contributed by atoms with Gasteiger partial charge >= 0.3 is 0 Å². The van der Waals surface area contributed by atoms with E-state index in [1.165, 1.54) is 10.6 Å². The molecule has 1 heterocycles. The average molecular weight is 489 g/mol. The van der Waals surface area contributed by atoms with Crippen LogP contribution in [0.3, 0.4) is 0 Å². The van der Waals surface area contributed by atoms with E-state index in [-0.39, 0.29) is 5.88 Å². The number of likely N-dealkylation sites (N-methyl/N-ethyl adjacent to an activating group) is 1. The van der Waals surface area contributed by atoms with E-state index >= 15 is 0 Å². The van der Waals surface area contributed by atoms with Crippen LogP contribution in [0.25, 0.3) is 10.9 Å². The van der Waals surface area contributed by atoms with E-state index in [9.17, 15) is 13.5 Å². The van der Waals surface area contributed by atoms with Gasteiger partial charge in [-0.2, -0.15) is 0 Å². The number of aromatic nitrogens is 1. The maximum atomic E-state index is 12.3. The maximum Gasteiger partial charge on any atom is 0.232 e. The number of sulfonamides is 1. The standard InChI is InChI=1S/C24H32N4O5S/c1-7-19(23-18-14-21(32-4)22(33-5)15-20(18)26-24(23)29)25-16-8-10-17(11-9-16)28(34(6,30)31)13-12-27(2)3/h8-11,14-15,26,29H,7,12-13H2,1-6H3. The van der Waals surface area contributed by atoms with Crippen LogP contribution < -0.4 is 13.8 Å². The zero-order chi connectivity index (χ0) is 25.0. The Morgan fingerprint density at radius 3 is 2.21 bits per heavy atom. The summed E-state index contributed by atoms with van der Waals surface area (Å²) >= 11 is 0. The van der Waals surface area contributed by atoms with Crippen LogP contribution in [-0.4, -0.2) is 76.8 Å². The second-order valence-corrected chi connectivity index (χ2v) is 10.1. The second kappa shape index (κ2) is 10.4. The quantitative estimate of drug-likeness (QED) is 0.421. The summed E-state index contributed by atoms with van der Waals surface area (Å²) < 4.78 is 36.8. The lowest BCUT2D eigenvalue weighted by Crippen LogP contribution is -2.35. The highest BCUT2D eigenvalue weighted by molar-refractivity contribution is 7.92. The molecular weight excluding hydrogens is 456 g/mol. The number of aliphatic imine (C=N–C) groups is 1. The van der Waals surface area contributed by atoms with Crippen molar-refractivity contribution in [2.45, 2.75) is 13.3 Å². The number of aromatic amines is 1. The monoisotopic (exact) mass is 488 g/mol. The Kier molecular flexibility index (Phi) is 7.73. The Bertz CT molecular complexity index is 1280. The fourth-order valence-corrected chi connectivity index (χ4v) is 4.66. The van der Waals surface area contributed by atoms with Crippen molar-refractivity contribution < 1.29 is 23.0 Å². The van der Waals surface area contributed by atoms with Gasteiger partial charge in [-0.25, -0.2) is 8.42 Å². The topological polar surface area (TPSA) is 107 Å². The van der Waals surface area contributed by atoms with E-state index in [1.54, 1.807) is 44.6 Å². The van der Waals surface area contributed by atoms with Crippen molar-refractivity contribution in [3.8, 4) is 17.4 Å². The summed E-state index contributed by atoms with van der Waals surface area (Å²) in [6.45, 7) is 2.91. The van der Waals surface area contributed by atoms with Crippen molar-refractivity contribution in [3.05, 3.63) is 42.0 Å². The number of hydrogen-bond acceptors (Lipinski definition) is 7. The molecule has 0 unspecified atom stereocenters. The van der Waals surface area contributed by atoms with Crippen molar-refractivity contribution in [3.63, 3.8) is 0 Å². The molecule has 2 N–H and O–H groups in total. The number of ether oxygens (including phenoxy) is 2. The summed E-state index contributed by atoms with van der Waals surface area (Å²) in [6, 6.07) is 10.6. The molecule has 34 heavy (non-hydrogen) atoms. The normalized spacial score (nSPS) is 12.4. The molecule has 184 valence electrons. The van der Waals surface area contributed by atoms with Crippen LogP contribution in [0.15, 0.2) is 41.4 Å². The molecule has 0 aliphatic carbocycles. The van der Waals surface area contributed by atoms with Gasteiger partial charge in [0.1, 0.15) is 0 Å². The number of aromatic hydroxyl groups is 1. The number of hydrogen-bond donors (Lipinski definition) is 2. The SMILES string of the molecule is CCC(=Nc1ccc(N(CCN(C)C)S(C)(=O)=O)cc1)c1c(O)[nH]c2cc(OC)c(OC)cc12. The predicted octanol–water partition coefficient (Wildman–Crippen LogP) is 3.75. The minimum absolute atomic E-state index is 0.00876. The van der Waals surface area contributed by atoms with Crippen LogP contribution in [0, 0.1) is 0 Å². The van der Waals surface area contributed by atoms with Gasteiger partial charge in [0, 0.05) is 24.5 Å². The van der Waals surface area contributed by atoms with Gasteiger partial charge < -0.3 is 24.5 Å². The fraction of sp³-hybridized carbons (Fsp3) is 0.375. The molecule has 9 nitrogen and oxygen atoms in total. The van der Waals surface area contributed by atoms with Gasteiger partial charge in [-0.15, -0.1) is 0 Å². The summed E-state index contributed by atoms with van der Waals surface area (Å²) in [4.78, 5) is 9.67. The molecule has 0 saturated heterocycles. The first kappa shape index (κ1) is 25.4. The van der Waals surface area contributed by atoms with Crippen LogP contribution in [0.2, 0.25) is 0 Å². The first-order valence-electron chi connectivity index (χ1n) is 10.9. The lowest BCUT2D eigenvalue weighted by Gasteiger charge is -2.24. The largest absolute Gasteiger partial charge is 0.494 e. The van der Waals surface area contributed by atoms with Crippen LogP contribution in [0.1, 0.15) is 18.9 Å². The van der Waals surface area contributed by atoms with Gasteiger partial charge in [0.05, 0.1) is 48.6 Å². The van der Waals surface area contributed by atoms with Crippen LogP contribution in [-0.2, 0) is 10.0 Å². The highest BCUT2D eigenvalue weighted by Gasteiger charge is 2.20. The number of methoxy groups -OCH3 is 2. The highest BCUT2D eigenvalue weighted by Crippen LogP contribution is 2.37. The number of nitrogens with zero attached hydrogens (tertiary/aromatic N) is 3. The van der Waals surface area contributed by atoms with E-state index in [2.05, 4.69) is 4.98 Å². The Morgan fingerprint density at radius 2 is 1.68 bits per heavy atom. The molecule has 0 bridgehead atoms. The number of rotatable bonds is 10. The molecule has 10 heteroatoms. The summed E-state index contributed by atoms with van der Waals surface area (Å²) in [5.41, 5.74) is 3.19. The second-order valence-electron chi connectivity index (χ2n) is 8.17. The molecule has 3 aromatic rings. The van der Waals surface area contributed by atoms with Crippen molar-refractivity contribution in [1.82, 2.24) is 9.88 Å². The Hall–Kier alpha value is -3.24. The molecule has 0 amide bonds. The van der Waals surface area contributed by atoms with Gasteiger partial charge in [-0.05, 0) is 50.8 Å². The van der Waals surface area contributed by atoms with Crippen molar-refractivity contribution in [2.75, 3.05) is 52.0 Å². The lowest BCUT2D eigenvalue weighted by atomic mass is 10.1. The summed E-state index contributed by atoms with van der Waals surface area (Å²) in [5, 5.41) is 11.4. The number of H-pyrrole nitrogens is 1. The Balaban J connectivity index is 2.00. The van der Waals surface area contributed by atoms with E-state index in [4.69, 9.17) is 14.5 Å². The highest BCUT2D eigenvalue weighted by atomic mass is 32.2. The molecule has 2 aromatic carbocycles.